The molecule has 2 rings (SSSR count). The molecule has 1 heterocycles. The normalized spacial score (nSPS) is 16.5. The molecule has 0 saturated carbocycles. The molecule has 1 N–H and O–H groups in total. The first kappa shape index (κ1) is 14.4. The molecule has 1 fully saturated rings. The summed E-state index contributed by atoms with van der Waals surface area (Å²) >= 11 is 0. The number of ether oxygens (including phenoxy) is 1. The van der Waals surface area contributed by atoms with Crippen LogP contribution in [0, 0.1) is 13.8 Å². The molecule has 1 aromatic carbocycles. The second-order valence-electron chi connectivity index (χ2n) is 5.81. The fraction of sp³-hybridized carbons (Fsp3) is 0.647. The second kappa shape index (κ2) is 7.54. The smallest absolute Gasteiger partial charge is 0.122 e. The molecule has 106 valence electrons. The van der Waals surface area contributed by atoms with Gasteiger partial charge in [0.1, 0.15) is 5.75 Å². The summed E-state index contributed by atoms with van der Waals surface area (Å²) in [6, 6.07) is 6.30. The molecular weight excluding hydrogens is 234 g/mol. The zero-order valence-electron chi connectivity index (χ0n) is 12.5. The average Bonchev–Trinajstić information content (AvgIpc) is 2.44. The van der Waals surface area contributed by atoms with Gasteiger partial charge in [-0.2, -0.15) is 0 Å². The van der Waals surface area contributed by atoms with Crippen LogP contribution in [0.25, 0.3) is 0 Å². The minimum absolute atomic E-state index is 0.859. The van der Waals surface area contributed by atoms with E-state index < -0.39 is 0 Å². The topological polar surface area (TPSA) is 13.7 Å². The number of hydrogen-bond donors (Lipinski definition) is 1. The van der Waals surface area contributed by atoms with E-state index in [1.807, 2.05) is 0 Å². The van der Waals surface area contributed by atoms with Crippen LogP contribution in [0.5, 0.6) is 5.75 Å². The van der Waals surface area contributed by atoms with Crippen molar-refractivity contribution < 1.29 is 9.64 Å². The van der Waals surface area contributed by atoms with Crippen molar-refractivity contribution in [3.05, 3.63) is 29.3 Å². The number of likely N-dealkylation sites (tertiary alicyclic amines) is 1. The van der Waals surface area contributed by atoms with Gasteiger partial charge in [0, 0.05) is 0 Å². The summed E-state index contributed by atoms with van der Waals surface area (Å²) < 4.78 is 5.90. The first-order valence-corrected chi connectivity index (χ1v) is 7.80. The average molecular weight is 262 g/mol. The zero-order valence-corrected chi connectivity index (χ0v) is 12.5. The fourth-order valence-corrected chi connectivity index (χ4v) is 2.84. The Hall–Kier alpha value is -1.02. The van der Waals surface area contributed by atoms with Crippen LogP contribution in [0.3, 0.4) is 0 Å². The van der Waals surface area contributed by atoms with Crippen molar-refractivity contribution in [1.82, 2.24) is 0 Å². The molecule has 1 aliphatic rings. The molecule has 19 heavy (non-hydrogen) atoms. The Labute approximate surface area is 117 Å². The van der Waals surface area contributed by atoms with Gasteiger partial charge in [0.05, 0.1) is 26.2 Å². The monoisotopic (exact) mass is 262 g/mol. The van der Waals surface area contributed by atoms with Crippen LogP contribution in [0.1, 0.15) is 43.2 Å². The van der Waals surface area contributed by atoms with E-state index in [9.17, 15) is 0 Å². The molecule has 0 amide bonds. The van der Waals surface area contributed by atoms with Crippen molar-refractivity contribution in [2.75, 3.05) is 26.2 Å². The zero-order chi connectivity index (χ0) is 13.5. The minimum atomic E-state index is 0.859. The minimum Gasteiger partial charge on any atom is -0.493 e. The van der Waals surface area contributed by atoms with Gasteiger partial charge in [0.2, 0.25) is 0 Å². The van der Waals surface area contributed by atoms with E-state index >= 15 is 0 Å². The Balaban J connectivity index is 1.62. The molecule has 0 radical (unpaired) electrons. The SMILES string of the molecule is Cc1cccc(OCCCC[NH+]2CCCCC2)c1C. The molecule has 0 aliphatic carbocycles. The summed E-state index contributed by atoms with van der Waals surface area (Å²) in [5.74, 6) is 1.06. The maximum Gasteiger partial charge on any atom is 0.122 e. The molecular formula is C17H28NO+. The Morgan fingerprint density at radius 2 is 1.84 bits per heavy atom. The number of unbranched alkanes of at least 4 members (excludes halogenated alkanes) is 1. The van der Waals surface area contributed by atoms with E-state index in [1.54, 1.807) is 4.90 Å². The predicted octanol–water partition coefficient (Wildman–Crippen LogP) is 2.53. The second-order valence-corrected chi connectivity index (χ2v) is 5.81. The maximum absolute atomic E-state index is 5.90. The van der Waals surface area contributed by atoms with Crippen LogP contribution in [-0.4, -0.2) is 26.2 Å². The van der Waals surface area contributed by atoms with E-state index in [4.69, 9.17) is 4.74 Å². The highest BCUT2D eigenvalue weighted by Crippen LogP contribution is 2.20. The first-order valence-electron chi connectivity index (χ1n) is 7.80. The lowest BCUT2D eigenvalue weighted by Gasteiger charge is -2.23. The number of benzene rings is 1. The number of hydrogen-bond acceptors (Lipinski definition) is 1. The van der Waals surface area contributed by atoms with E-state index in [1.165, 1.54) is 62.9 Å². The fourth-order valence-electron chi connectivity index (χ4n) is 2.84. The Bertz CT molecular complexity index is 383. The summed E-state index contributed by atoms with van der Waals surface area (Å²) in [5.41, 5.74) is 2.60. The van der Waals surface area contributed by atoms with Crippen molar-refractivity contribution in [3.63, 3.8) is 0 Å². The van der Waals surface area contributed by atoms with Crippen molar-refractivity contribution in [2.45, 2.75) is 46.0 Å². The molecule has 2 heteroatoms. The van der Waals surface area contributed by atoms with Crippen LogP contribution < -0.4 is 9.64 Å². The van der Waals surface area contributed by atoms with E-state index in [-0.39, 0.29) is 0 Å². The molecule has 2 nitrogen and oxygen atoms in total. The van der Waals surface area contributed by atoms with Gasteiger partial charge in [0.15, 0.2) is 0 Å². The van der Waals surface area contributed by atoms with Gasteiger partial charge in [-0.15, -0.1) is 0 Å². The summed E-state index contributed by atoms with van der Waals surface area (Å²) in [4.78, 5) is 1.80. The molecule has 0 unspecified atom stereocenters. The van der Waals surface area contributed by atoms with Crippen molar-refractivity contribution in [1.29, 1.82) is 0 Å². The van der Waals surface area contributed by atoms with Crippen molar-refractivity contribution in [3.8, 4) is 5.75 Å². The van der Waals surface area contributed by atoms with Gasteiger partial charge in [0.25, 0.3) is 0 Å². The maximum atomic E-state index is 5.90. The lowest BCUT2D eigenvalue weighted by molar-refractivity contribution is -0.905. The summed E-state index contributed by atoms with van der Waals surface area (Å²) in [6.07, 6.45) is 6.76. The van der Waals surface area contributed by atoms with Gasteiger partial charge < -0.3 is 9.64 Å². The molecule has 1 aliphatic heterocycles. The lowest BCUT2D eigenvalue weighted by Crippen LogP contribution is -3.12. The molecule has 0 atom stereocenters. The number of nitrogens with one attached hydrogen (secondary N) is 1. The van der Waals surface area contributed by atoms with Crippen LogP contribution in [0.15, 0.2) is 18.2 Å². The van der Waals surface area contributed by atoms with Crippen molar-refractivity contribution in [2.24, 2.45) is 0 Å². The third kappa shape index (κ3) is 4.54. The van der Waals surface area contributed by atoms with Crippen LogP contribution in [-0.2, 0) is 0 Å². The third-order valence-corrected chi connectivity index (χ3v) is 4.30. The summed E-state index contributed by atoms with van der Waals surface area (Å²) in [5, 5.41) is 0. The molecule has 0 aromatic heterocycles. The van der Waals surface area contributed by atoms with Gasteiger partial charge in [-0.05, 0) is 63.1 Å². The number of piperidine rings is 1. The highest BCUT2D eigenvalue weighted by molar-refractivity contribution is 5.38. The van der Waals surface area contributed by atoms with Gasteiger partial charge >= 0.3 is 0 Å². The Morgan fingerprint density at radius 1 is 1.05 bits per heavy atom. The van der Waals surface area contributed by atoms with Gasteiger partial charge in [-0.25, -0.2) is 0 Å². The van der Waals surface area contributed by atoms with E-state index in [0.717, 1.165) is 12.4 Å². The largest absolute Gasteiger partial charge is 0.493 e. The van der Waals surface area contributed by atoms with Crippen LogP contribution in [0.4, 0.5) is 0 Å². The molecule has 0 spiro atoms. The van der Waals surface area contributed by atoms with E-state index in [0.29, 0.717) is 0 Å². The number of aryl methyl sites for hydroxylation is 1. The summed E-state index contributed by atoms with van der Waals surface area (Å²) in [6.45, 7) is 9.24. The third-order valence-electron chi connectivity index (χ3n) is 4.30. The molecule has 0 bridgehead atoms. The van der Waals surface area contributed by atoms with Gasteiger partial charge in [-0.1, -0.05) is 12.1 Å². The highest BCUT2D eigenvalue weighted by Gasteiger charge is 2.12. The quantitative estimate of drug-likeness (QED) is 0.778. The van der Waals surface area contributed by atoms with Crippen LogP contribution in [0.2, 0.25) is 0 Å². The van der Waals surface area contributed by atoms with Crippen molar-refractivity contribution >= 4 is 0 Å². The number of rotatable bonds is 6. The Kier molecular flexibility index (Phi) is 5.71. The lowest BCUT2D eigenvalue weighted by atomic mass is 10.1. The molecule has 1 saturated heterocycles. The predicted molar refractivity (Wildman–Crippen MR) is 80.1 cm³/mol. The first-order chi connectivity index (χ1) is 9.27. The highest BCUT2D eigenvalue weighted by atomic mass is 16.5. The standard InChI is InChI=1S/C17H27NO/c1-15-9-8-10-17(16(15)2)19-14-7-6-13-18-11-4-3-5-12-18/h8-10H,3-7,11-14H2,1-2H3/p+1. The van der Waals surface area contributed by atoms with Gasteiger partial charge in [-0.3, -0.25) is 0 Å². The number of quaternary nitrogens is 1. The Morgan fingerprint density at radius 3 is 2.63 bits per heavy atom. The van der Waals surface area contributed by atoms with E-state index in [2.05, 4.69) is 32.0 Å². The summed E-state index contributed by atoms with van der Waals surface area (Å²) in [7, 11) is 0. The molecule has 1 aromatic rings. The van der Waals surface area contributed by atoms with Crippen LogP contribution >= 0.6 is 0 Å².